The highest BCUT2D eigenvalue weighted by Crippen LogP contribution is 2.30. The molecule has 1 fully saturated rings. The molecule has 0 aliphatic heterocycles. The van der Waals surface area contributed by atoms with E-state index in [0.717, 1.165) is 12.3 Å². The highest BCUT2D eigenvalue weighted by atomic mass is 14.2. The molecule has 0 radical (unpaired) electrons. The van der Waals surface area contributed by atoms with E-state index in [4.69, 9.17) is 0 Å². The lowest BCUT2D eigenvalue weighted by Gasteiger charge is -2.24. The summed E-state index contributed by atoms with van der Waals surface area (Å²) in [5.74, 6) is 1.65. The molecule has 0 aromatic rings. The standard InChI is InChI=1S/C13H22/c1-3-8-12(4-2)11-13-9-6-5-7-10-13/h3-4,12-13H,1-2,5-11H2. The zero-order valence-electron chi connectivity index (χ0n) is 8.67. The first-order chi connectivity index (χ1) is 6.36. The van der Waals surface area contributed by atoms with Crippen LogP contribution >= 0.6 is 0 Å². The average molecular weight is 178 g/mol. The number of hydrogen-bond donors (Lipinski definition) is 0. The summed E-state index contributed by atoms with van der Waals surface area (Å²) in [5, 5.41) is 0. The Morgan fingerprint density at radius 1 is 1.15 bits per heavy atom. The topological polar surface area (TPSA) is 0 Å². The summed E-state index contributed by atoms with van der Waals surface area (Å²) >= 11 is 0. The molecule has 0 saturated heterocycles. The van der Waals surface area contributed by atoms with Gasteiger partial charge in [0, 0.05) is 0 Å². The lowest BCUT2D eigenvalue weighted by molar-refractivity contribution is 0.309. The molecule has 0 heteroatoms. The molecule has 74 valence electrons. The molecule has 1 aliphatic rings. The first-order valence-corrected chi connectivity index (χ1v) is 5.60. The minimum Gasteiger partial charge on any atom is -0.103 e. The molecule has 1 unspecified atom stereocenters. The molecule has 1 atom stereocenters. The van der Waals surface area contributed by atoms with E-state index in [9.17, 15) is 0 Å². The summed E-state index contributed by atoms with van der Waals surface area (Å²) in [7, 11) is 0. The van der Waals surface area contributed by atoms with E-state index < -0.39 is 0 Å². The van der Waals surface area contributed by atoms with Gasteiger partial charge >= 0.3 is 0 Å². The van der Waals surface area contributed by atoms with Crippen molar-refractivity contribution in [2.45, 2.75) is 44.9 Å². The van der Waals surface area contributed by atoms with Gasteiger partial charge in [0.2, 0.25) is 0 Å². The molecule has 0 spiro atoms. The number of rotatable bonds is 5. The van der Waals surface area contributed by atoms with Crippen molar-refractivity contribution >= 4 is 0 Å². The van der Waals surface area contributed by atoms with Crippen molar-refractivity contribution in [2.75, 3.05) is 0 Å². The van der Waals surface area contributed by atoms with Gasteiger partial charge in [-0.15, -0.1) is 13.2 Å². The molecule has 0 aromatic heterocycles. The molecule has 1 rings (SSSR count). The second kappa shape index (κ2) is 6.01. The summed E-state index contributed by atoms with van der Waals surface area (Å²) in [4.78, 5) is 0. The fraction of sp³-hybridized carbons (Fsp3) is 0.692. The first kappa shape index (κ1) is 10.6. The van der Waals surface area contributed by atoms with Gasteiger partial charge in [-0.2, -0.15) is 0 Å². The van der Waals surface area contributed by atoms with Crippen LogP contribution in [0.5, 0.6) is 0 Å². The summed E-state index contributed by atoms with van der Waals surface area (Å²) in [6.45, 7) is 7.69. The second-order valence-corrected chi connectivity index (χ2v) is 4.26. The van der Waals surface area contributed by atoms with Crippen molar-refractivity contribution in [1.82, 2.24) is 0 Å². The highest BCUT2D eigenvalue weighted by Gasteiger charge is 2.16. The van der Waals surface area contributed by atoms with E-state index in [2.05, 4.69) is 19.2 Å². The third kappa shape index (κ3) is 3.80. The summed E-state index contributed by atoms with van der Waals surface area (Å²) in [6, 6.07) is 0. The largest absolute Gasteiger partial charge is 0.103 e. The van der Waals surface area contributed by atoms with Crippen molar-refractivity contribution in [3.05, 3.63) is 25.3 Å². The van der Waals surface area contributed by atoms with Crippen molar-refractivity contribution in [2.24, 2.45) is 11.8 Å². The Hall–Kier alpha value is -0.520. The lowest BCUT2D eigenvalue weighted by Crippen LogP contribution is -2.10. The van der Waals surface area contributed by atoms with Gasteiger partial charge in [-0.05, 0) is 24.7 Å². The molecule has 0 bridgehead atoms. The molecule has 13 heavy (non-hydrogen) atoms. The van der Waals surface area contributed by atoms with E-state index >= 15 is 0 Å². The third-order valence-corrected chi connectivity index (χ3v) is 3.16. The predicted molar refractivity (Wildman–Crippen MR) is 59.7 cm³/mol. The molecule has 0 heterocycles. The molecule has 1 saturated carbocycles. The van der Waals surface area contributed by atoms with E-state index in [1.807, 2.05) is 6.08 Å². The Bertz CT molecular complexity index is 151. The van der Waals surface area contributed by atoms with Gasteiger partial charge in [0.25, 0.3) is 0 Å². The maximum absolute atomic E-state index is 3.90. The fourth-order valence-corrected chi connectivity index (χ4v) is 2.35. The number of allylic oxidation sites excluding steroid dienone is 2. The predicted octanol–water partition coefficient (Wildman–Crippen LogP) is 4.34. The first-order valence-electron chi connectivity index (χ1n) is 5.60. The Morgan fingerprint density at radius 2 is 1.85 bits per heavy atom. The molecular weight excluding hydrogens is 156 g/mol. The minimum absolute atomic E-state index is 0.681. The van der Waals surface area contributed by atoms with Crippen LogP contribution in [0.2, 0.25) is 0 Å². The van der Waals surface area contributed by atoms with Gasteiger partial charge in [-0.25, -0.2) is 0 Å². The van der Waals surface area contributed by atoms with E-state index in [1.54, 1.807) is 0 Å². The van der Waals surface area contributed by atoms with Gasteiger partial charge in [0.15, 0.2) is 0 Å². The van der Waals surface area contributed by atoms with Crippen LogP contribution in [-0.4, -0.2) is 0 Å². The molecular formula is C13H22. The van der Waals surface area contributed by atoms with Gasteiger partial charge in [0.1, 0.15) is 0 Å². The van der Waals surface area contributed by atoms with Crippen LogP contribution in [0.1, 0.15) is 44.9 Å². The zero-order valence-corrected chi connectivity index (χ0v) is 8.67. The molecule has 0 nitrogen and oxygen atoms in total. The van der Waals surface area contributed by atoms with Crippen LogP contribution in [0.3, 0.4) is 0 Å². The van der Waals surface area contributed by atoms with Crippen LogP contribution in [-0.2, 0) is 0 Å². The van der Waals surface area contributed by atoms with Gasteiger partial charge in [0.05, 0.1) is 0 Å². The van der Waals surface area contributed by atoms with Crippen LogP contribution in [0.15, 0.2) is 25.3 Å². The van der Waals surface area contributed by atoms with Crippen molar-refractivity contribution in [1.29, 1.82) is 0 Å². The molecule has 0 aromatic carbocycles. The smallest absolute Gasteiger partial charge is 0.0199 e. The Kier molecular flexibility index (Phi) is 4.88. The fourth-order valence-electron chi connectivity index (χ4n) is 2.35. The van der Waals surface area contributed by atoms with Crippen LogP contribution in [0, 0.1) is 11.8 Å². The molecule has 0 amide bonds. The van der Waals surface area contributed by atoms with E-state index in [-0.39, 0.29) is 0 Å². The van der Waals surface area contributed by atoms with Gasteiger partial charge < -0.3 is 0 Å². The Labute approximate surface area is 82.7 Å². The van der Waals surface area contributed by atoms with E-state index in [0.29, 0.717) is 5.92 Å². The van der Waals surface area contributed by atoms with Crippen LogP contribution in [0.4, 0.5) is 0 Å². The molecule has 0 N–H and O–H groups in total. The summed E-state index contributed by atoms with van der Waals surface area (Å²) in [5.41, 5.74) is 0. The highest BCUT2D eigenvalue weighted by molar-refractivity contribution is 4.87. The van der Waals surface area contributed by atoms with Gasteiger partial charge in [-0.3, -0.25) is 0 Å². The van der Waals surface area contributed by atoms with Crippen LogP contribution < -0.4 is 0 Å². The van der Waals surface area contributed by atoms with Gasteiger partial charge in [-0.1, -0.05) is 44.3 Å². The summed E-state index contributed by atoms with van der Waals surface area (Å²) < 4.78 is 0. The summed E-state index contributed by atoms with van der Waals surface area (Å²) in [6.07, 6.45) is 13.8. The minimum atomic E-state index is 0.681. The SMILES string of the molecule is C=CCC(C=C)CC1CCCCC1. The monoisotopic (exact) mass is 178 g/mol. The van der Waals surface area contributed by atoms with Crippen molar-refractivity contribution in [3.63, 3.8) is 0 Å². The normalized spacial score (nSPS) is 20.9. The average Bonchev–Trinajstić information content (AvgIpc) is 2.19. The van der Waals surface area contributed by atoms with Crippen LogP contribution in [0.25, 0.3) is 0 Å². The second-order valence-electron chi connectivity index (χ2n) is 4.26. The van der Waals surface area contributed by atoms with Crippen molar-refractivity contribution in [3.8, 4) is 0 Å². The number of hydrogen-bond acceptors (Lipinski definition) is 0. The molecule has 1 aliphatic carbocycles. The Balaban J connectivity index is 2.26. The lowest BCUT2D eigenvalue weighted by atomic mass is 9.82. The Morgan fingerprint density at radius 3 is 2.38 bits per heavy atom. The van der Waals surface area contributed by atoms with Crippen molar-refractivity contribution < 1.29 is 0 Å². The zero-order chi connectivity index (χ0) is 9.52. The quantitative estimate of drug-likeness (QED) is 0.549. The van der Waals surface area contributed by atoms with E-state index in [1.165, 1.54) is 38.5 Å². The maximum atomic E-state index is 3.90. The third-order valence-electron chi connectivity index (χ3n) is 3.16. The maximum Gasteiger partial charge on any atom is -0.0199 e.